The van der Waals surface area contributed by atoms with E-state index >= 15 is 0 Å². The molecule has 1 aliphatic rings. The standard InChI is InChI=1S/C24H23N5/c1-17-8-10-21(11-9-17)29-24(26)23(18(2)27-29)22-12-13-28(16-20(22)14-25)15-19-6-4-3-5-7-19/h3-13,16,22H,15,26H2,1-2H3. The zero-order chi connectivity index (χ0) is 20.4. The van der Waals surface area contributed by atoms with Gasteiger partial charge in [-0.2, -0.15) is 10.4 Å². The zero-order valence-corrected chi connectivity index (χ0v) is 16.6. The van der Waals surface area contributed by atoms with Gasteiger partial charge in [0.15, 0.2) is 0 Å². The molecule has 0 spiro atoms. The third-order valence-electron chi connectivity index (χ3n) is 5.18. The van der Waals surface area contributed by atoms with Crippen LogP contribution >= 0.6 is 0 Å². The van der Waals surface area contributed by atoms with Crippen LogP contribution in [0.1, 0.15) is 28.3 Å². The number of nitrogens with two attached hydrogens (primary N) is 1. The van der Waals surface area contributed by atoms with E-state index in [0.717, 1.165) is 16.9 Å². The predicted octanol–water partition coefficient (Wildman–Crippen LogP) is 4.59. The highest BCUT2D eigenvalue weighted by Gasteiger charge is 2.26. The second-order valence-electron chi connectivity index (χ2n) is 7.31. The lowest BCUT2D eigenvalue weighted by molar-refractivity contribution is 0.485. The third kappa shape index (κ3) is 3.65. The molecule has 2 heterocycles. The van der Waals surface area contributed by atoms with Crippen molar-refractivity contribution >= 4 is 5.82 Å². The number of nitrogens with zero attached hydrogens (tertiary/aromatic N) is 4. The molecule has 4 rings (SSSR count). The number of aryl methyl sites for hydroxylation is 2. The van der Waals surface area contributed by atoms with E-state index in [4.69, 9.17) is 5.73 Å². The number of aromatic nitrogens is 2. The van der Waals surface area contributed by atoms with Crippen LogP contribution in [0.25, 0.3) is 5.69 Å². The summed E-state index contributed by atoms with van der Waals surface area (Å²) in [5.74, 6) is 0.366. The minimum absolute atomic E-state index is 0.203. The first kappa shape index (κ1) is 18.6. The topological polar surface area (TPSA) is 70.9 Å². The predicted molar refractivity (Wildman–Crippen MR) is 115 cm³/mol. The number of hydrogen-bond donors (Lipinski definition) is 1. The van der Waals surface area contributed by atoms with Crippen molar-refractivity contribution < 1.29 is 0 Å². The van der Waals surface area contributed by atoms with Gasteiger partial charge in [0, 0.05) is 30.4 Å². The molecule has 0 bridgehead atoms. The van der Waals surface area contributed by atoms with Gasteiger partial charge in [-0.1, -0.05) is 54.1 Å². The summed E-state index contributed by atoms with van der Waals surface area (Å²) in [6.07, 6.45) is 5.95. The Bertz CT molecular complexity index is 1110. The average molecular weight is 381 g/mol. The van der Waals surface area contributed by atoms with Crippen LogP contribution in [0.3, 0.4) is 0 Å². The molecular weight excluding hydrogens is 358 g/mol. The fourth-order valence-corrected chi connectivity index (χ4v) is 3.67. The fourth-order valence-electron chi connectivity index (χ4n) is 3.67. The highest BCUT2D eigenvalue weighted by Crippen LogP contribution is 2.36. The second kappa shape index (κ2) is 7.69. The molecule has 3 aromatic rings. The first-order valence-electron chi connectivity index (χ1n) is 9.58. The normalized spacial score (nSPS) is 15.8. The van der Waals surface area contributed by atoms with Gasteiger partial charge in [0.05, 0.1) is 23.0 Å². The average Bonchev–Trinajstić information content (AvgIpc) is 3.03. The maximum Gasteiger partial charge on any atom is 0.131 e. The van der Waals surface area contributed by atoms with E-state index in [0.29, 0.717) is 17.9 Å². The number of benzene rings is 2. The van der Waals surface area contributed by atoms with Gasteiger partial charge in [0.2, 0.25) is 0 Å². The Balaban J connectivity index is 1.65. The van der Waals surface area contributed by atoms with Crippen LogP contribution in [-0.2, 0) is 6.54 Å². The van der Waals surface area contributed by atoms with Crippen molar-refractivity contribution in [2.75, 3.05) is 5.73 Å². The van der Waals surface area contributed by atoms with E-state index < -0.39 is 0 Å². The second-order valence-corrected chi connectivity index (χ2v) is 7.31. The van der Waals surface area contributed by atoms with Crippen molar-refractivity contribution in [2.24, 2.45) is 0 Å². The molecule has 1 atom stereocenters. The van der Waals surface area contributed by atoms with Gasteiger partial charge < -0.3 is 10.6 Å². The lowest BCUT2D eigenvalue weighted by Crippen LogP contribution is -2.17. The number of anilines is 1. The Morgan fingerprint density at radius 1 is 1.07 bits per heavy atom. The summed E-state index contributed by atoms with van der Waals surface area (Å²) in [5, 5.41) is 14.4. The molecule has 1 unspecified atom stereocenters. The molecule has 0 aliphatic carbocycles. The largest absolute Gasteiger partial charge is 0.383 e. The van der Waals surface area contributed by atoms with Crippen LogP contribution < -0.4 is 5.73 Å². The molecule has 2 N–H and O–H groups in total. The van der Waals surface area contributed by atoms with E-state index in [2.05, 4.69) is 23.3 Å². The summed E-state index contributed by atoms with van der Waals surface area (Å²) in [6.45, 7) is 4.70. The SMILES string of the molecule is Cc1ccc(-n2nc(C)c(C3C=CN(Cc4ccccc4)C=C3C#N)c2N)cc1. The minimum Gasteiger partial charge on any atom is -0.383 e. The number of nitrogen functional groups attached to an aromatic ring is 1. The molecule has 0 saturated heterocycles. The van der Waals surface area contributed by atoms with Crippen LogP contribution in [-0.4, -0.2) is 14.7 Å². The van der Waals surface area contributed by atoms with Crippen LogP contribution in [0.2, 0.25) is 0 Å². The highest BCUT2D eigenvalue weighted by atomic mass is 15.3. The Morgan fingerprint density at radius 2 is 1.79 bits per heavy atom. The summed E-state index contributed by atoms with van der Waals surface area (Å²) in [6, 6.07) is 20.6. The summed E-state index contributed by atoms with van der Waals surface area (Å²) < 4.78 is 1.75. The van der Waals surface area contributed by atoms with Gasteiger partial charge in [0.25, 0.3) is 0 Å². The highest BCUT2D eigenvalue weighted by molar-refractivity contribution is 5.57. The first-order valence-corrected chi connectivity index (χ1v) is 9.58. The lowest BCUT2D eigenvalue weighted by Gasteiger charge is -2.24. The minimum atomic E-state index is -0.203. The fraction of sp³-hybridized carbons (Fsp3) is 0.167. The number of allylic oxidation sites excluding steroid dienone is 2. The van der Waals surface area contributed by atoms with Crippen LogP contribution in [0.5, 0.6) is 0 Å². The van der Waals surface area contributed by atoms with E-state index in [-0.39, 0.29) is 5.92 Å². The first-order chi connectivity index (χ1) is 14.1. The van der Waals surface area contributed by atoms with Crippen molar-refractivity contribution in [2.45, 2.75) is 26.3 Å². The maximum absolute atomic E-state index is 9.80. The summed E-state index contributed by atoms with van der Waals surface area (Å²) in [4.78, 5) is 2.03. The summed E-state index contributed by atoms with van der Waals surface area (Å²) >= 11 is 0. The molecule has 29 heavy (non-hydrogen) atoms. The lowest BCUT2D eigenvalue weighted by atomic mass is 9.90. The Labute approximate surface area is 171 Å². The Kier molecular flexibility index (Phi) is 4.92. The molecule has 0 fully saturated rings. The Morgan fingerprint density at radius 3 is 2.48 bits per heavy atom. The third-order valence-corrected chi connectivity index (χ3v) is 5.18. The molecule has 0 saturated carbocycles. The van der Waals surface area contributed by atoms with Gasteiger partial charge in [-0.25, -0.2) is 4.68 Å². The van der Waals surface area contributed by atoms with E-state index in [1.54, 1.807) is 4.68 Å². The van der Waals surface area contributed by atoms with Crippen molar-refractivity contribution in [3.05, 3.63) is 101 Å². The van der Waals surface area contributed by atoms with Crippen molar-refractivity contribution in [1.29, 1.82) is 5.26 Å². The van der Waals surface area contributed by atoms with Crippen LogP contribution in [0.15, 0.2) is 78.6 Å². The van der Waals surface area contributed by atoms with Gasteiger partial charge in [0.1, 0.15) is 5.82 Å². The number of nitriles is 1. The van der Waals surface area contributed by atoms with Crippen LogP contribution in [0.4, 0.5) is 5.82 Å². The number of hydrogen-bond acceptors (Lipinski definition) is 4. The van der Waals surface area contributed by atoms with Gasteiger partial charge >= 0.3 is 0 Å². The molecule has 144 valence electrons. The van der Waals surface area contributed by atoms with E-state index in [1.807, 2.05) is 79.7 Å². The quantitative estimate of drug-likeness (QED) is 0.717. The molecular formula is C24H23N5. The molecule has 5 nitrogen and oxygen atoms in total. The van der Waals surface area contributed by atoms with Gasteiger partial charge in [-0.05, 0) is 31.5 Å². The molecule has 0 amide bonds. The van der Waals surface area contributed by atoms with Gasteiger partial charge in [-0.3, -0.25) is 0 Å². The molecule has 2 aromatic carbocycles. The van der Waals surface area contributed by atoms with Crippen molar-refractivity contribution in [3.8, 4) is 11.8 Å². The van der Waals surface area contributed by atoms with Gasteiger partial charge in [-0.15, -0.1) is 0 Å². The Hall–Kier alpha value is -3.78. The monoisotopic (exact) mass is 381 g/mol. The summed E-state index contributed by atoms with van der Waals surface area (Å²) in [7, 11) is 0. The zero-order valence-electron chi connectivity index (χ0n) is 16.6. The molecule has 1 aliphatic heterocycles. The number of rotatable bonds is 4. The maximum atomic E-state index is 9.80. The molecule has 0 radical (unpaired) electrons. The van der Waals surface area contributed by atoms with Crippen molar-refractivity contribution in [3.63, 3.8) is 0 Å². The summed E-state index contributed by atoms with van der Waals surface area (Å²) in [5.41, 5.74) is 12.1. The van der Waals surface area contributed by atoms with Crippen molar-refractivity contribution in [1.82, 2.24) is 14.7 Å². The van der Waals surface area contributed by atoms with Crippen LogP contribution in [0, 0.1) is 25.2 Å². The van der Waals surface area contributed by atoms with E-state index in [9.17, 15) is 5.26 Å². The molecule has 1 aromatic heterocycles. The molecule has 5 heteroatoms. The smallest absolute Gasteiger partial charge is 0.131 e. The van der Waals surface area contributed by atoms with E-state index in [1.165, 1.54) is 11.1 Å².